The highest BCUT2D eigenvalue weighted by Gasteiger charge is 2.37. The van der Waals surface area contributed by atoms with Crippen LogP contribution in [0.1, 0.15) is 39.5 Å². The summed E-state index contributed by atoms with van der Waals surface area (Å²) in [5, 5.41) is 9.47. The number of carbonyl (C=O) groups excluding carboxylic acids is 1. The van der Waals surface area contributed by atoms with Crippen LogP contribution in [0.25, 0.3) is 0 Å². The molecule has 3 nitrogen and oxygen atoms in total. The van der Waals surface area contributed by atoms with E-state index in [9.17, 15) is 9.90 Å². The molecular weight excluding hydrogens is 166 g/mol. The molecule has 1 fully saturated rings. The van der Waals surface area contributed by atoms with Crippen molar-refractivity contribution in [2.45, 2.75) is 45.6 Å². The Bertz CT molecular complexity index is 201. The number of carbonyl (C=O) groups is 1. The molecule has 0 heterocycles. The molecule has 0 bridgehead atoms. The van der Waals surface area contributed by atoms with Crippen molar-refractivity contribution < 1.29 is 9.90 Å². The third-order valence-corrected chi connectivity index (χ3v) is 3.30. The quantitative estimate of drug-likeness (QED) is 0.675. The Hall–Kier alpha value is -0.570. The van der Waals surface area contributed by atoms with Gasteiger partial charge in [0.05, 0.1) is 6.10 Å². The summed E-state index contributed by atoms with van der Waals surface area (Å²) in [6.45, 7) is 3.75. The average Bonchev–Trinajstić information content (AvgIpc) is 2.04. The van der Waals surface area contributed by atoms with Gasteiger partial charge in [-0.2, -0.15) is 0 Å². The summed E-state index contributed by atoms with van der Waals surface area (Å²) in [7, 11) is 0. The highest BCUT2D eigenvalue weighted by atomic mass is 16.3. The molecule has 0 aromatic carbocycles. The molecule has 1 amide bonds. The van der Waals surface area contributed by atoms with Crippen LogP contribution < -0.4 is 5.73 Å². The van der Waals surface area contributed by atoms with Gasteiger partial charge < -0.3 is 10.8 Å². The monoisotopic (exact) mass is 185 g/mol. The molecule has 0 saturated heterocycles. The van der Waals surface area contributed by atoms with Crippen LogP contribution in [0.5, 0.6) is 0 Å². The van der Waals surface area contributed by atoms with Gasteiger partial charge in [0, 0.05) is 5.41 Å². The molecule has 0 aliphatic heterocycles. The van der Waals surface area contributed by atoms with Gasteiger partial charge in [0.2, 0.25) is 5.91 Å². The Morgan fingerprint density at radius 2 is 2.08 bits per heavy atom. The molecule has 13 heavy (non-hydrogen) atoms. The second-order valence-corrected chi connectivity index (χ2v) is 4.60. The maximum atomic E-state index is 11.2. The Balaban J connectivity index is 2.64. The summed E-state index contributed by atoms with van der Waals surface area (Å²) in [6.07, 6.45) is 3.36. The Labute approximate surface area is 79.3 Å². The minimum Gasteiger partial charge on any atom is -0.393 e. The highest BCUT2D eigenvalue weighted by molar-refractivity contribution is 5.80. The predicted molar refractivity (Wildman–Crippen MR) is 50.9 cm³/mol. The van der Waals surface area contributed by atoms with E-state index < -0.39 is 5.41 Å². The van der Waals surface area contributed by atoms with Gasteiger partial charge in [-0.3, -0.25) is 4.79 Å². The molecule has 1 saturated carbocycles. The van der Waals surface area contributed by atoms with E-state index >= 15 is 0 Å². The molecule has 2 atom stereocenters. The van der Waals surface area contributed by atoms with Gasteiger partial charge in [-0.1, -0.05) is 20.3 Å². The normalized spacial score (nSPS) is 30.1. The predicted octanol–water partition coefficient (Wildman–Crippen LogP) is 1.05. The molecule has 0 radical (unpaired) electrons. The van der Waals surface area contributed by atoms with E-state index in [-0.39, 0.29) is 17.9 Å². The first-order valence-electron chi connectivity index (χ1n) is 4.92. The minimum atomic E-state index is -0.471. The number of hydrogen-bond acceptors (Lipinski definition) is 2. The van der Waals surface area contributed by atoms with Crippen molar-refractivity contribution in [3.63, 3.8) is 0 Å². The molecule has 3 N–H and O–H groups in total. The molecule has 1 rings (SSSR count). The maximum Gasteiger partial charge on any atom is 0.223 e. The number of nitrogens with two attached hydrogens (primary N) is 1. The van der Waals surface area contributed by atoms with Crippen molar-refractivity contribution in [3.05, 3.63) is 0 Å². The topological polar surface area (TPSA) is 63.3 Å². The molecule has 3 heteroatoms. The third kappa shape index (κ3) is 2.21. The zero-order chi connectivity index (χ0) is 10.1. The molecule has 0 aromatic heterocycles. The van der Waals surface area contributed by atoms with Crippen LogP contribution in [-0.4, -0.2) is 17.1 Å². The van der Waals surface area contributed by atoms with Crippen LogP contribution in [0.3, 0.4) is 0 Å². The van der Waals surface area contributed by atoms with Gasteiger partial charge in [-0.15, -0.1) is 0 Å². The Kier molecular flexibility index (Phi) is 2.96. The SMILES string of the molecule is CC(C)(C(N)=O)[C@@H]1CCC[C@H](O)C1. The second-order valence-electron chi connectivity index (χ2n) is 4.60. The van der Waals surface area contributed by atoms with Crippen LogP contribution in [-0.2, 0) is 4.79 Å². The van der Waals surface area contributed by atoms with Crippen LogP contribution in [0.2, 0.25) is 0 Å². The fraction of sp³-hybridized carbons (Fsp3) is 0.900. The van der Waals surface area contributed by atoms with Crippen LogP contribution in [0, 0.1) is 11.3 Å². The van der Waals surface area contributed by atoms with Gasteiger partial charge in [0.15, 0.2) is 0 Å². The van der Waals surface area contributed by atoms with Crippen molar-refractivity contribution in [1.29, 1.82) is 0 Å². The standard InChI is InChI=1S/C10H19NO2/c1-10(2,9(11)13)7-4-3-5-8(12)6-7/h7-8,12H,3-6H2,1-2H3,(H2,11,13)/t7-,8+/m1/s1. The lowest BCUT2D eigenvalue weighted by molar-refractivity contribution is -0.130. The summed E-state index contributed by atoms with van der Waals surface area (Å²) < 4.78 is 0. The minimum absolute atomic E-state index is 0.239. The number of aliphatic hydroxyl groups is 1. The lowest BCUT2D eigenvalue weighted by atomic mass is 9.70. The lowest BCUT2D eigenvalue weighted by Crippen LogP contribution is -2.41. The Morgan fingerprint density at radius 1 is 1.46 bits per heavy atom. The first kappa shape index (κ1) is 10.5. The smallest absolute Gasteiger partial charge is 0.223 e. The summed E-state index contributed by atoms with van der Waals surface area (Å²) in [4.78, 5) is 11.2. The number of hydrogen-bond donors (Lipinski definition) is 2. The van der Waals surface area contributed by atoms with Gasteiger partial charge >= 0.3 is 0 Å². The number of primary amides is 1. The summed E-state index contributed by atoms with van der Waals surface area (Å²) in [5.74, 6) is -0.0136. The zero-order valence-electron chi connectivity index (χ0n) is 8.42. The van der Waals surface area contributed by atoms with Gasteiger partial charge in [-0.25, -0.2) is 0 Å². The number of amides is 1. The van der Waals surface area contributed by atoms with E-state index in [1.54, 1.807) is 0 Å². The van der Waals surface area contributed by atoms with Crippen LogP contribution in [0.4, 0.5) is 0 Å². The van der Waals surface area contributed by atoms with E-state index in [4.69, 9.17) is 5.73 Å². The van der Waals surface area contributed by atoms with Gasteiger partial charge in [-0.05, 0) is 25.2 Å². The molecule has 0 unspecified atom stereocenters. The fourth-order valence-electron chi connectivity index (χ4n) is 2.02. The zero-order valence-corrected chi connectivity index (χ0v) is 8.42. The summed E-state index contributed by atoms with van der Waals surface area (Å²) >= 11 is 0. The van der Waals surface area contributed by atoms with Crippen LogP contribution >= 0.6 is 0 Å². The third-order valence-electron chi connectivity index (χ3n) is 3.30. The molecule has 76 valence electrons. The van der Waals surface area contributed by atoms with Crippen LogP contribution in [0.15, 0.2) is 0 Å². The van der Waals surface area contributed by atoms with Crippen molar-refractivity contribution in [2.24, 2.45) is 17.1 Å². The summed E-state index contributed by atoms with van der Waals surface area (Å²) in [5.41, 5.74) is 4.86. The largest absolute Gasteiger partial charge is 0.393 e. The lowest BCUT2D eigenvalue weighted by Gasteiger charge is -2.36. The molecule has 0 aromatic rings. The summed E-state index contributed by atoms with van der Waals surface area (Å²) in [6, 6.07) is 0. The van der Waals surface area contributed by atoms with E-state index in [1.807, 2.05) is 13.8 Å². The molecule has 1 aliphatic carbocycles. The molecular formula is C10H19NO2. The highest BCUT2D eigenvalue weighted by Crippen LogP contribution is 2.37. The van der Waals surface area contributed by atoms with Crippen molar-refractivity contribution >= 4 is 5.91 Å². The van der Waals surface area contributed by atoms with E-state index in [0.717, 1.165) is 25.7 Å². The first-order chi connectivity index (χ1) is 5.94. The number of aliphatic hydroxyl groups excluding tert-OH is 1. The fourth-order valence-corrected chi connectivity index (χ4v) is 2.02. The van der Waals surface area contributed by atoms with Gasteiger partial charge in [0.1, 0.15) is 0 Å². The molecule has 0 spiro atoms. The molecule has 1 aliphatic rings. The van der Waals surface area contributed by atoms with Crippen molar-refractivity contribution in [2.75, 3.05) is 0 Å². The van der Waals surface area contributed by atoms with Gasteiger partial charge in [0.25, 0.3) is 0 Å². The van der Waals surface area contributed by atoms with Crippen molar-refractivity contribution in [1.82, 2.24) is 0 Å². The maximum absolute atomic E-state index is 11.2. The average molecular weight is 185 g/mol. The second kappa shape index (κ2) is 3.66. The van der Waals surface area contributed by atoms with E-state index in [1.165, 1.54) is 0 Å². The number of rotatable bonds is 2. The van der Waals surface area contributed by atoms with Crippen molar-refractivity contribution in [3.8, 4) is 0 Å². The van der Waals surface area contributed by atoms with E-state index in [0.29, 0.717) is 0 Å². The Morgan fingerprint density at radius 3 is 2.54 bits per heavy atom. The first-order valence-corrected chi connectivity index (χ1v) is 4.92. The van der Waals surface area contributed by atoms with E-state index in [2.05, 4.69) is 0 Å².